The third-order valence-electron chi connectivity index (χ3n) is 7.54. The molecule has 1 aliphatic carbocycles. The molecule has 0 aromatic heterocycles. The fourth-order valence-corrected chi connectivity index (χ4v) is 6.67. The Hall–Kier alpha value is -3.48. The summed E-state index contributed by atoms with van der Waals surface area (Å²) in [6.45, 7) is 4.19. The molecule has 4 aromatic rings. The molecule has 2 unspecified atom stereocenters. The number of rotatable bonds is 10. The molecule has 0 heterocycles. The average molecular weight is 595 g/mol. The molecule has 0 saturated heterocycles. The van der Waals surface area contributed by atoms with Gasteiger partial charge in [0.15, 0.2) is 0 Å². The second kappa shape index (κ2) is 14.6. The number of hydrogen-bond donors (Lipinski definition) is 2. The SMILES string of the molecule is Cc1ccc(SCc2ccc(O)c(/C=N/C3CCCCC3/N=C/c3cc(CSc4ccc(C)cc4)ccc3O)c2)cc1. The van der Waals surface area contributed by atoms with Gasteiger partial charge in [-0.25, -0.2) is 0 Å². The van der Waals surface area contributed by atoms with Crippen LogP contribution in [-0.4, -0.2) is 34.7 Å². The molecule has 0 bridgehead atoms. The first-order chi connectivity index (χ1) is 20.4. The predicted octanol–water partition coefficient (Wildman–Crippen LogP) is 9.15. The van der Waals surface area contributed by atoms with Crippen LogP contribution in [0.5, 0.6) is 11.5 Å². The Morgan fingerprint density at radius 2 is 1.02 bits per heavy atom. The minimum Gasteiger partial charge on any atom is -0.507 e. The number of aliphatic imine (C=N–C) groups is 2. The topological polar surface area (TPSA) is 65.2 Å². The van der Waals surface area contributed by atoms with Crippen molar-refractivity contribution in [2.24, 2.45) is 9.98 Å². The maximum absolute atomic E-state index is 10.5. The van der Waals surface area contributed by atoms with E-state index in [2.05, 4.69) is 62.4 Å². The van der Waals surface area contributed by atoms with Crippen LogP contribution in [0.25, 0.3) is 0 Å². The second-order valence-corrected chi connectivity index (χ2v) is 13.1. The molecular weight excluding hydrogens is 557 g/mol. The standard InChI is InChI=1S/C36H38N2O2S2/c1-25-7-13-31(14-8-25)41-23-27-11-17-35(39)29(19-27)21-37-33-5-3-4-6-34(33)38-22-30-20-28(12-18-36(30)40)24-42-32-15-9-26(2)10-16-32/h7-22,33-34,39-40H,3-6,23-24H2,1-2H3/b37-21+,38-22+. The van der Waals surface area contributed by atoms with Crippen molar-refractivity contribution in [1.82, 2.24) is 0 Å². The number of aryl methyl sites for hydroxylation is 2. The Kier molecular flexibility index (Phi) is 10.4. The summed E-state index contributed by atoms with van der Waals surface area (Å²) in [6.07, 6.45) is 7.78. The van der Waals surface area contributed by atoms with Gasteiger partial charge in [-0.3, -0.25) is 9.98 Å². The van der Waals surface area contributed by atoms with Gasteiger partial charge in [0.25, 0.3) is 0 Å². The Morgan fingerprint density at radius 1 is 0.619 bits per heavy atom. The molecule has 216 valence electrons. The highest BCUT2D eigenvalue weighted by Gasteiger charge is 2.23. The fraction of sp³-hybridized carbons (Fsp3) is 0.278. The Labute approximate surface area is 258 Å². The number of hydrogen-bond acceptors (Lipinski definition) is 6. The van der Waals surface area contributed by atoms with Gasteiger partial charge in [-0.15, -0.1) is 23.5 Å². The highest BCUT2D eigenvalue weighted by molar-refractivity contribution is 7.98. The van der Waals surface area contributed by atoms with Gasteiger partial charge in [0.2, 0.25) is 0 Å². The summed E-state index contributed by atoms with van der Waals surface area (Å²) in [5, 5.41) is 21.1. The maximum Gasteiger partial charge on any atom is 0.124 e. The van der Waals surface area contributed by atoms with Gasteiger partial charge >= 0.3 is 0 Å². The predicted molar refractivity (Wildman–Crippen MR) is 179 cm³/mol. The zero-order chi connectivity index (χ0) is 29.3. The van der Waals surface area contributed by atoms with Crippen molar-refractivity contribution in [2.45, 2.75) is 72.9 Å². The summed E-state index contributed by atoms with van der Waals surface area (Å²) in [6, 6.07) is 28.7. The first-order valence-corrected chi connectivity index (χ1v) is 16.5. The zero-order valence-electron chi connectivity index (χ0n) is 24.2. The van der Waals surface area contributed by atoms with Gasteiger partial charge in [0.1, 0.15) is 11.5 Å². The molecule has 5 rings (SSSR count). The van der Waals surface area contributed by atoms with Crippen LogP contribution < -0.4 is 0 Å². The minimum absolute atomic E-state index is 0.0439. The van der Waals surface area contributed by atoms with E-state index in [0.29, 0.717) is 0 Å². The average Bonchev–Trinajstić information content (AvgIpc) is 3.01. The van der Waals surface area contributed by atoms with Crippen molar-refractivity contribution in [3.8, 4) is 11.5 Å². The van der Waals surface area contributed by atoms with E-state index in [4.69, 9.17) is 9.98 Å². The maximum atomic E-state index is 10.5. The molecule has 0 radical (unpaired) electrons. The van der Waals surface area contributed by atoms with Crippen LogP contribution in [0.3, 0.4) is 0 Å². The molecule has 0 spiro atoms. The summed E-state index contributed by atoms with van der Waals surface area (Å²) in [4.78, 5) is 12.3. The summed E-state index contributed by atoms with van der Waals surface area (Å²) in [7, 11) is 0. The van der Waals surface area contributed by atoms with Crippen molar-refractivity contribution in [3.05, 3.63) is 118 Å². The van der Waals surface area contributed by atoms with Gasteiger partial charge in [0, 0.05) is 44.9 Å². The molecule has 4 aromatic carbocycles. The van der Waals surface area contributed by atoms with E-state index in [9.17, 15) is 10.2 Å². The van der Waals surface area contributed by atoms with Crippen molar-refractivity contribution in [2.75, 3.05) is 0 Å². The van der Waals surface area contributed by atoms with E-state index >= 15 is 0 Å². The zero-order valence-corrected chi connectivity index (χ0v) is 25.9. The number of aromatic hydroxyl groups is 2. The third kappa shape index (κ3) is 8.52. The van der Waals surface area contributed by atoms with Crippen molar-refractivity contribution in [1.29, 1.82) is 0 Å². The van der Waals surface area contributed by atoms with E-state index in [1.54, 1.807) is 35.7 Å². The molecule has 6 heteroatoms. The van der Waals surface area contributed by atoms with E-state index in [0.717, 1.165) is 59.4 Å². The lowest BCUT2D eigenvalue weighted by Gasteiger charge is -2.25. The van der Waals surface area contributed by atoms with Crippen LogP contribution in [0.15, 0.2) is 105 Å². The number of phenolic OH excluding ortho intramolecular Hbond substituents is 2. The van der Waals surface area contributed by atoms with Gasteiger partial charge in [-0.2, -0.15) is 0 Å². The molecular formula is C36H38N2O2S2. The lowest BCUT2D eigenvalue weighted by atomic mass is 9.91. The summed E-state index contributed by atoms with van der Waals surface area (Å²) in [5.41, 5.74) is 6.28. The Balaban J connectivity index is 1.23. The number of benzene rings is 4. The van der Waals surface area contributed by atoms with Crippen LogP contribution in [-0.2, 0) is 11.5 Å². The normalized spacial score (nSPS) is 17.3. The van der Waals surface area contributed by atoms with Crippen LogP contribution in [0.2, 0.25) is 0 Å². The number of thioether (sulfide) groups is 2. The first kappa shape index (κ1) is 30.0. The Morgan fingerprint density at radius 3 is 1.43 bits per heavy atom. The third-order valence-corrected chi connectivity index (χ3v) is 9.71. The molecule has 1 fully saturated rings. The monoisotopic (exact) mass is 594 g/mol. The van der Waals surface area contributed by atoms with Crippen molar-refractivity contribution in [3.63, 3.8) is 0 Å². The highest BCUT2D eigenvalue weighted by atomic mass is 32.2. The van der Waals surface area contributed by atoms with E-state index in [1.807, 2.05) is 36.7 Å². The van der Waals surface area contributed by atoms with Gasteiger partial charge < -0.3 is 10.2 Å². The fourth-order valence-electron chi connectivity index (χ4n) is 4.99. The Bertz CT molecular complexity index is 1410. The molecule has 2 N–H and O–H groups in total. The van der Waals surface area contributed by atoms with Gasteiger partial charge in [-0.1, -0.05) is 60.4 Å². The van der Waals surface area contributed by atoms with Gasteiger partial charge in [-0.05, 0) is 86.3 Å². The van der Waals surface area contributed by atoms with Crippen LogP contribution in [0, 0.1) is 13.8 Å². The lowest BCUT2D eigenvalue weighted by molar-refractivity contribution is 0.390. The second-order valence-electron chi connectivity index (χ2n) is 11.0. The van der Waals surface area contributed by atoms with E-state index < -0.39 is 0 Å². The summed E-state index contributed by atoms with van der Waals surface area (Å²) >= 11 is 3.57. The molecule has 42 heavy (non-hydrogen) atoms. The quantitative estimate of drug-likeness (QED) is 0.142. The number of nitrogens with zero attached hydrogens (tertiary/aromatic N) is 2. The van der Waals surface area contributed by atoms with Crippen molar-refractivity contribution < 1.29 is 10.2 Å². The van der Waals surface area contributed by atoms with Crippen LogP contribution in [0.1, 0.15) is 59.1 Å². The van der Waals surface area contributed by atoms with Crippen LogP contribution in [0.4, 0.5) is 0 Å². The summed E-state index contributed by atoms with van der Waals surface area (Å²) < 4.78 is 0. The highest BCUT2D eigenvalue weighted by Crippen LogP contribution is 2.29. The molecule has 1 saturated carbocycles. The smallest absolute Gasteiger partial charge is 0.124 e. The van der Waals surface area contributed by atoms with Crippen molar-refractivity contribution >= 4 is 36.0 Å². The van der Waals surface area contributed by atoms with Crippen LogP contribution >= 0.6 is 23.5 Å². The minimum atomic E-state index is 0.0439. The molecule has 0 aliphatic heterocycles. The number of phenols is 2. The molecule has 1 aliphatic rings. The first-order valence-electron chi connectivity index (χ1n) is 14.5. The summed E-state index contributed by atoms with van der Waals surface area (Å²) in [5.74, 6) is 2.13. The molecule has 2 atom stereocenters. The molecule has 4 nitrogen and oxygen atoms in total. The lowest BCUT2D eigenvalue weighted by Crippen LogP contribution is -2.27. The molecule has 0 amide bonds. The van der Waals surface area contributed by atoms with E-state index in [1.165, 1.54) is 20.9 Å². The van der Waals surface area contributed by atoms with Gasteiger partial charge in [0.05, 0.1) is 12.1 Å². The van der Waals surface area contributed by atoms with E-state index in [-0.39, 0.29) is 23.6 Å². The largest absolute Gasteiger partial charge is 0.507 e.